The highest BCUT2D eigenvalue weighted by atomic mass is 16.1. The monoisotopic (exact) mass is 302 g/mol. The molecule has 1 nitrogen and oxygen atoms in total. The fraction of sp³-hybridized carbons (Fsp3) is 0.667. The maximum absolute atomic E-state index is 12.2. The number of Topliss-reactive ketones (excluding diaryl/α,β-unsaturated/α-hetero) is 1. The fourth-order valence-corrected chi connectivity index (χ4v) is 2.96. The molecule has 0 fully saturated rings. The van der Waals surface area contributed by atoms with Crippen LogP contribution in [0.5, 0.6) is 0 Å². The van der Waals surface area contributed by atoms with Crippen molar-refractivity contribution in [2.75, 3.05) is 0 Å². The molecule has 1 unspecified atom stereocenters. The predicted octanol–water partition coefficient (Wildman–Crippen LogP) is 6.82. The Kier molecular flexibility index (Phi) is 10.7. The molecule has 0 amide bonds. The number of hydrogen-bond donors (Lipinski definition) is 0. The van der Waals surface area contributed by atoms with Gasteiger partial charge < -0.3 is 0 Å². The first kappa shape index (κ1) is 18.9. The molecule has 0 heterocycles. The third-order valence-electron chi connectivity index (χ3n) is 4.50. The van der Waals surface area contributed by atoms with Crippen LogP contribution < -0.4 is 0 Å². The van der Waals surface area contributed by atoms with Gasteiger partial charge in [0.1, 0.15) is 0 Å². The molecule has 0 aliphatic heterocycles. The Morgan fingerprint density at radius 3 is 1.86 bits per heavy atom. The molecule has 0 spiro atoms. The highest BCUT2D eigenvalue weighted by Gasteiger charge is 2.13. The van der Waals surface area contributed by atoms with Crippen molar-refractivity contribution < 1.29 is 4.79 Å². The van der Waals surface area contributed by atoms with Crippen molar-refractivity contribution in [2.45, 2.75) is 84.5 Å². The second-order valence-electron chi connectivity index (χ2n) is 6.60. The molecule has 1 atom stereocenters. The van der Waals surface area contributed by atoms with Gasteiger partial charge >= 0.3 is 0 Å². The van der Waals surface area contributed by atoms with Crippen molar-refractivity contribution in [1.82, 2.24) is 0 Å². The quantitative estimate of drug-likeness (QED) is 0.289. The Morgan fingerprint density at radius 1 is 0.818 bits per heavy atom. The fourth-order valence-electron chi connectivity index (χ4n) is 2.96. The third kappa shape index (κ3) is 8.36. The molecule has 0 aliphatic carbocycles. The molecule has 1 heteroatoms. The van der Waals surface area contributed by atoms with Crippen molar-refractivity contribution in [3.05, 3.63) is 35.9 Å². The summed E-state index contributed by atoms with van der Waals surface area (Å²) < 4.78 is 0. The summed E-state index contributed by atoms with van der Waals surface area (Å²) in [5, 5.41) is 0. The standard InChI is InChI=1S/C21H34O/c1-3-4-5-6-7-8-9-10-11-13-16-19(2)21(22)20-17-14-12-15-18-20/h12,14-15,17-19H,3-11,13,16H2,1-2H3. The van der Waals surface area contributed by atoms with Crippen LogP contribution >= 0.6 is 0 Å². The summed E-state index contributed by atoms with van der Waals surface area (Å²) in [6.07, 6.45) is 14.6. The summed E-state index contributed by atoms with van der Waals surface area (Å²) in [5.74, 6) is 0.466. The molecular formula is C21H34O. The van der Waals surface area contributed by atoms with Crippen LogP contribution in [-0.4, -0.2) is 5.78 Å². The number of unbranched alkanes of at least 4 members (excludes halogenated alkanes) is 9. The van der Waals surface area contributed by atoms with E-state index >= 15 is 0 Å². The Balaban J connectivity index is 1.99. The van der Waals surface area contributed by atoms with Gasteiger partial charge in [0.15, 0.2) is 5.78 Å². The molecule has 1 rings (SSSR count). The minimum atomic E-state index is 0.163. The van der Waals surface area contributed by atoms with Crippen LogP contribution in [0.2, 0.25) is 0 Å². The third-order valence-corrected chi connectivity index (χ3v) is 4.50. The van der Waals surface area contributed by atoms with E-state index in [2.05, 4.69) is 13.8 Å². The highest BCUT2D eigenvalue weighted by Crippen LogP contribution is 2.17. The first-order chi connectivity index (χ1) is 10.8. The van der Waals surface area contributed by atoms with E-state index in [1.807, 2.05) is 30.3 Å². The molecule has 0 aliphatic rings. The lowest BCUT2D eigenvalue weighted by atomic mass is 9.94. The number of rotatable bonds is 13. The predicted molar refractivity (Wildman–Crippen MR) is 96.4 cm³/mol. The van der Waals surface area contributed by atoms with Gasteiger partial charge in [-0.15, -0.1) is 0 Å². The molecule has 0 N–H and O–H groups in total. The molecule has 0 bridgehead atoms. The Hall–Kier alpha value is -1.11. The molecule has 1 aromatic carbocycles. The zero-order valence-corrected chi connectivity index (χ0v) is 14.7. The average molecular weight is 303 g/mol. The molecular weight excluding hydrogens is 268 g/mol. The Labute approximate surface area is 137 Å². The smallest absolute Gasteiger partial charge is 0.165 e. The van der Waals surface area contributed by atoms with Gasteiger partial charge in [0.2, 0.25) is 0 Å². The van der Waals surface area contributed by atoms with Crippen LogP contribution in [0.15, 0.2) is 30.3 Å². The number of benzene rings is 1. The van der Waals surface area contributed by atoms with Gasteiger partial charge in [-0.2, -0.15) is 0 Å². The number of ketones is 1. The molecule has 124 valence electrons. The van der Waals surface area contributed by atoms with Gasteiger partial charge in [0.05, 0.1) is 0 Å². The van der Waals surface area contributed by atoms with Gasteiger partial charge in [0.25, 0.3) is 0 Å². The molecule has 0 saturated carbocycles. The van der Waals surface area contributed by atoms with Crippen LogP contribution in [0.1, 0.15) is 94.8 Å². The Bertz CT molecular complexity index is 382. The number of hydrogen-bond acceptors (Lipinski definition) is 1. The lowest BCUT2D eigenvalue weighted by Gasteiger charge is -2.10. The van der Waals surface area contributed by atoms with Crippen molar-refractivity contribution in [2.24, 2.45) is 5.92 Å². The van der Waals surface area contributed by atoms with E-state index in [9.17, 15) is 4.79 Å². The molecule has 0 saturated heterocycles. The van der Waals surface area contributed by atoms with Gasteiger partial charge in [0, 0.05) is 11.5 Å². The van der Waals surface area contributed by atoms with E-state index in [4.69, 9.17) is 0 Å². The second-order valence-corrected chi connectivity index (χ2v) is 6.60. The summed E-state index contributed by atoms with van der Waals surface area (Å²) in [6, 6.07) is 9.71. The van der Waals surface area contributed by atoms with E-state index in [1.54, 1.807) is 0 Å². The van der Waals surface area contributed by atoms with Crippen LogP contribution in [0.4, 0.5) is 0 Å². The first-order valence-corrected chi connectivity index (χ1v) is 9.35. The number of carbonyl (C=O) groups excluding carboxylic acids is 1. The average Bonchev–Trinajstić information content (AvgIpc) is 2.56. The van der Waals surface area contributed by atoms with E-state index in [-0.39, 0.29) is 5.92 Å². The largest absolute Gasteiger partial charge is 0.294 e. The summed E-state index contributed by atoms with van der Waals surface area (Å²) in [5.41, 5.74) is 0.863. The van der Waals surface area contributed by atoms with E-state index < -0.39 is 0 Å². The van der Waals surface area contributed by atoms with E-state index in [1.165, 1.54) is 64.2 Å². The Morgan fingerprint density at radius 2 is 1.32 bits per heavy atom. The zero-order chi connectivity index (χ0) is 16.0. The summed E-state index contributed by atoms with van der Waals surface area (Å²) in [7, 11) is 0. The lowest BCUT2D eigenvalue weighted by molar-refractivity contribution is 0.0922. The van der Waals surface area contributed by atoms with Gasteiger partial charge in [-0.1, -0.05) is 108 Å². The normalized spacial score (nSPS) is 12.3. The second kappa shape index (κ2) is 12.4. The first-order valence-electron chi connectivity index (χ1n) is 9.35. The molecule has 0 aromatic heterocycles. The lowest BCUT2D eigenvalue weighted by Crippen LogP contribution is -2.11. The maximum atomic E-state index is 12.2. The zero-order valence-electron chi connectivity index (χ0n) is 14.7. The highest BCUT2D eigenvalue weighted by molar-refractivity contribution is 5.97. The van der Waals surface area contributed by atoms with E-state index in [0.29, 0.717) is 5.78 Å². The summed E-state index contributed by atoms with van der Waals surface area (Å²) in [4.78, 5) is 12.2. The number of carbonyl (C=O) groups is 1. The van der Waals surface area contributed by atoms with Crippen molar-refractivity contribution in [1.29, 1.82) is 0 Å². The topological polar surface area (TPSA) is 17.1 Å². The minimum absolute atomic E-state index is 0.163. The van der Waals surface area contributed by atoms with Crippen molar-refractivity contribution in [3.8, 4) is 0 Å². The molecule has 22 heavy (non-hydrogen) atoms. The van der Waals surface area contributed by atoms with Crippen LogP contribution in [0.25, 0.3) is 0 Å². The molecule has 0 radical (unpaired) electrons. The maximum Gasteiger partial charge on any atom is 0.165 e. The van der Waals surface area contributed by atoms with Crippen LogP contribution in [0, 0.1) is 5.92 Å². The van der Waals surface area contributed by atoms with Crippen LogP contribution in [0.3, 0.4) is 0 Å². The minimum Gasteiger partial charge on any atom is -0.294 e. The van der Waals surface area contributed by atoms with Gasteiger partial charge in [-0.05, 0) is 6.42 Å². The van der Waals surface area contributed by atoms with Crippen molar-refractivity contribution >= 4 is 5.78 Å². The summed E-state index contributed by atoms with van der Waals surface area (Å²) in [6.45, 7) is 4.34. The van der Waals surface area contributed by atoms with Crippen molar-refractivity contribution in [3.63, 3.8) is 0 Å². The van der Waals surface area contributed by atoms with E-state index in [0.717, 1.165) is 12.0 Å². The SMILES string of the molecule is CCCCCCCCCCCCC(C)C(=O)c1ccccc1. The van der Waals surface area contributed by atoms with Crippen LogP contribution in [-0.2, 0) is 0 Å². The molecule has 1 aromatic rings. The van der Waals surface area contributed by atoms with Gasteiger partial charge in [-0.25, -0.2) is 0 Å². The van der Waals surface area contributed by atoms with Gasteiger partial charge in [-0.3, -0.25) is 4.79 Å². The summed E-state index contributed by atoms with van der Waals surface area (Å²) >= 11 is 0.